The smallest absolute Gasteiger partial charge is 0.157 e. The van der Waals surface area contributed by atoms with Gasteiger partial charge in [0.15, 0.2) is 5.65 Å². The first-order chi connectivity index (χ1) is 7.04. The topological polar surface area (TPSA) is 30.7 Å². The van der Waals surface area contributed by atoms with E-state index in [9.17, 15) is 0 Å². The van der Waals surface area contributed by atoms with E-state index in [0.29, 0.717) is 0 Å². The molecule has 2 rings (SSSR count). The fourth-order valence-corrected chi connectivity index (χ4v) is 1.86. The van der Waals surface area contributed by atoms with Crippen LogP contribution in [0.4, 0.5) is 0 Å². The first-order valence-corrected chi connectivity index (χ1v) is 5.35. The third kappa shape index (κ3) is 1.62. The molecule has 80 valence electrons. The van der Waals surface area contributed by atoms with Gasteiger partial charge in [-0.15, -0.1) is 0 Å². The van der Waals surface area contributed by atoms with Gasteiger partial charge in [0.05, 0.1) is 6.20 Å². The molecule has 2 aromatic rings. The van der Waals surface area contributed by atoms with Crippen LogP contribution in [0.5, 0.6) is 0 Å². The molecule has 0 aromatic carbocycles. The molecule has 0 bridgehead atoms. The lowest BCUT2D eigenvalue weighted by atomic mass is 9.86. The highest BCUT2D eigenvalue weighted by Crippen LogP contribution is 2.28. The molecule has 3 nitrogen and oxygen atoms in total. The number of fused-ring (bicyclic) bond motifs is 1. The van der Waals surface area contributed by atoms with Gasteiger partial charge in [-0.3, -0.25) is 0 Å². The summed E-state index contributed by atoms with van der Waals surface area (Å²) in [5.74, 6) is 0. The monoisotopic (exact) mass is 203 g/mol. The fraction of sp³-hybridized carbons (Fsp3) is 0.500. The van der Waals surface area contributed by atoms with Gasteiger partial charge in [-0.1, -0.05) is 20.8 Å². The Bertz CT molecular complexity index is 477. The zero-order chi connectivity index (χ0) is 11.1. The average molecular weight is 203 g/mol. The average Bonchev–Trinajstić information content (AvgIpc) is 2.58. The van der Waals surface area contributed by atoms with E-state index >= 15 is 0 Å². The number of nitrogens with zero attached hydrogens (tertiary/aromatic N) is 3. The van der Waals surface area contributed by atoms with Crippen LogP contribution in [0.25, 0.3) is 11.0 Å². The van der Waals surface area contributed by atoms with Gasteiger partial charge in [-0.2, -0.15) is 5.10 Å². The number of rotatable bonds is 1. The van der Waals surface area contributed by atoms with Crippen LogP contribution in [0.2, 0.25) is 0 Å². The molecule has 0 spiro atoms. The minimum absolute atomic E-state index is 0.142. The molecule has 0 fully saturated rings. The lowest BCUT2D eigenvalue weighted by Crippen LogP contribution is -2.11. The van der Waals surface area contributed by atoms with E-state index in [1.807, 2.05) is 17.1 Å². The summed E-state index contributed by atoms with van der Waals surface area (Å²) in [5.41, 5.74) is 2.44. The van der Waals surface area contributed by atoms with Gasteiger partial charge in [-0.25, -0.2) is 9.67 Å². The molecule has 0 aliphatic carbocycles. The Kier molecular flexibility index (Phi) is 2.25. The Balaban J connectivity index is 2.73. The van der Waals surface area contributed by atoms with E-state index in [1.165, 1.54) is 10.9 Å². The third-order valence-electron chi connectivity index (χ3n) is 2.65. The second-order valence-electron chi connectivity index (χ2n) is 4.81. The molecule has 0 unspecified atom stereocenters. The fourth-order valence-electron chi connectivity index (χ4n) is 1.86. The van der Waals surface area contributed by atoms with Crippen LogP contribution >= 0.6 is 0 Å². The molecule has 0 aliphatic heterocycles. The first kappa shape index (κ1) is 10.1. The first-order valence-electron chi connectivity index (χ1n) is 5.35. The molecule has 2 heterocycles. The molecule has 0 N–H and O–H groups in total. The lowest BCUT2D eigenvalue weighted by Gasteiger charge is -2.19. The summed E-state index contributed by atoms with van der Waals surface area (Å²) in [6.45, 7) is 9.59. The molecule has 0 saturated carbocycles. The van der Waals surface area contributed by atoms with Crippen molar-refractivity contribution >= 4 is 11.0 Å². The van der Waals surface area contributed by atoms with E-state index in [-0.39, 0.29) is 5.41 Å². The second kappa shape index (κ2) is 3.33. The van der Waals surface area contributed by atoms with Crippen molar-refractivity contribution in [3.05, 3.63) is 24.0 Å². The predicted octanol–water partition coefficient (Wildman–Crippen LogP) is 2.75. The quantitative estimate of drug-likeness (QED) is 0.713. The van der Waals surface area contributed by atoms with E-state index in [4.69, 9.17) is 0 Å². The maximum Gasteiger partial charge on any atom is 0.157 e. The summed E-state index contributed by atoms with van der Waals surface area (Å²) in [4.78, 5) is 4.39. The standard InChI is InChI=1S/C12H17N3/c1-5-15-11-9(8-14-15)10(6-7-13-11)12(2,3)4/h6-8H,5H2,1-4H3. The minimum atomic E-state index is 0.142. The van der Waals surface area contributed by atoms with Crippen molar-refractivity contribution in [1.29, 1.82) is 0 Å². The van der Waals surface area contributed by atoms with Crippen molar-refractivity contribution in [3.8, 4) is 0 Å². The highest BCUT2D eigenvalue weighted by molar-refractivity contribution is 5.79. The lowest BCUT2D eigenvalue weighted by molar-refractivity contribution is 0.595. The minimum Gasteiger partial charge on any atom is -0.248 e. The Morgan fingerprint density at radius 2 is 2.07 bits per heavy atom. The van der Waals surface area contributed by atoms with E-state index in [2.05, 4.69) is 43.8 Å². The van der Waals surface area contributed by atoms with Crippen molar-refractivity contribution in [2.45, 2.75) is 39.7 Å². The zero-order valence-corrected chi connectivity index (χ0v) is 9.78. The Morgan fingerprint density at radius 1 is 1.33 bits per heavy atom. The number of hydrogen-bond donors (Lipinski definition) is 0. The van der Waals surface area contributed by atoms with Gasteiger partial charge in [-0.05, 0) is 24.0 Å². The van der Waals surface area contributed by atoms with Gasteiger partial charge in [0.2, 0.25) is 0 Å². The van der Waals surface area contributed by atoms with Crippen molar-refractivity contribution in [1.82, 2.24) is 14.8 Å². The molecule has 0 saturated heterocycles. The van der Waals surface area contributed by atoms with Gasteiger partial charge in [0.1, 0.15) is 0 Å². The maximum absolute atomic E-state index is 4.39. The van der Waals surface area contributed by atoms with Crippen LogP contribution in [0.15, 0.2) is 18.5 Å². The number of hydrogen-bond acceptors (Lipinski definition) is 2. The van der Waals surface area contributed by atoms with Gasteiger partial charge in [0, 0.05) is 18.1 Å². The van der Waals surface area contributed by atoms with Gasteiger partial charge in [0.25, 0.3) is 0 Å². The molecule has 0 atom stereocenters. The van der Waals surface area contributed by atoms with Crippen molar-refractivity contribution in [3.63, 3.8) is 0 Å². The highest BCUT2D eigenvalue weighted by Gasteiger charge is 2.18. The van der Waals surface area contributed by atoms with Crippen molar-refractivity contribution in [2.24, 2.45) is 0 Å². The third-order valence-corrected chi connectivity index (χ3v) is 2.65. The molecule has 0 radical (unpaired) electrons. The SMILES string of the molecule is CCn1ncc2c(C(C)(C)C)ccnc21. The highest BCUT2D eigenvalue weighted by atomic mass is 15.3. The molecular formula is C12H17N3. The predicted molar refractivity (Wildman–Crippen MR) is 61.9 cm³/mol. The van der Waals surface area contributed by atoms with Gasteiger partial charge < -0.3 is 0 Å². The summed E-state index contributed by atoms with van der Waals surface area (Å²) in [6.07, 6.45) is 3.79. The molecule has 3 heteroatoms. The number of aryl methyl sites for hydroxylation is 1. The largest absolute Gasteiger partial charge is 0.248 e. The molecule has 0 aliphatic rings. The molecule has 2 aromatic heterocycles. The van der Waals surface area contributed by atoms with Crippen LogP contribution < -0.4 is 0 Å². The van der Waals surface area contributed by atoms with Crippen LogP contribution in [0.1, 0.15) is 33.3 Å². The van der Waals surface area contributed by atoms with Crippen molar-refractivity contribution in [2.75, 3.05) is 0 Å². The van der Waals surface area contributed by atoms with E-state index in [0.717, 1.165) is 12.2 Å². The van der Waals surface area contributed by atoms with Crippen LogP contribution in [-0.4, -0.2) is 14.8 Å². The van der Waals surface area contributed by atoms with E-state index < -0.39 is 0 Å². The summed E-state index contributed by atoms with van der Waals surface area (Å²) in [7, 11) is 0. The summed E-state index contributed by atoms with van der Waals surface area (Å²) in [6, 6.07) is 2.09. The van der Waals surface area contributed by atoms with Crippen LogP contribution in [0.3, 0.4) is 0 Å². The number of aromatic nitrogens is 3. The number of pyridine rings is 1. The summed E-state index contributed by atoms with van der Waals surface area (Å²) < 4.78 is 1.94. The van der Waals surface area contributed by atoms with Crippen molar-refractivity contribution < 1.29 is 0 Å². The van der Waals surface area contributed by atoms with E-state index in [1.54, 1.807) is 0 Å². The normalized spacial score (nSPS) is 12.3. The maximum atomic E-state index is 4.39. The second-order valence-corrected chi connectivity index (χ2v) is 4.81. The van der Waals surface area contributed by atoms with Gasteiger partial charge >= 0.3 is 0 Å². The van der Waals surface area contributed by atoms with Crippen LogP contribution in [-0.2, 0) is 12.0 Å². The summed E-state index contributed by atoms with van der Waals surface area (Å²) in [5, 5.41) is 5.52. The molecular weight excluding hydrogens is 186 g/mol. The molecule has 15 heavy (non-hydrogen) atoms. The van der Waals surface area contributed by atoms with Crippen LogP contribution in [0, 0.1) is 0 Å². The Morgan fingerprint density at radius 3 is 2.67 bits per heavy atom. The zero-order valence-electron chi connectivity index (χ0n) is 9.78. The molecule has 0 amide bonds. The summed E-state index contributed by atoms with van der Waals surface area (Å²) >= 11 is 0. The Labute approximate surface area is 90.1 Å². The Hall–Kier alpha value is -1.38.